The molecule has 1 aromatic heterocycles. The van der Waals surface area contributed by atoms with Gasteiger partial charge in [-0.05, 0) is 31.5 Å². The summed E-state index contributed by atoms with van der Waals surface area (Å²) in [5.41, 5.74) is 3.77. The van der Waals surface area contributed by atoms with Gasteiger partial charge >= 0.3 is 0 Å². The number of para-hydroxylation sites is 1. The van der Waals surface area contributed by atoms with Crippen molar-refractivity contribution in [3.8, 4) is 0 Å². The number of aromatic nitrogens is 1. The minimum Gasteiger partial charge on any atom is -0.370 e. The summed E-state index contributed by atoms with van der Waals surface area (Å²) in [7, 11) is 2.12. The summed E-state index contributed by atoms with van der Waals surface area (Å²) in [6.45, 7) is 5.96. The molecule has 3 heteroatoms. The van der Waals surface area contributed by atoms with Gasteiger partial charge in [-0.25, -0.2) is 4.98 Å². The first-order valence-corrected chi connectivity index (χ1v) is 6.67. The molecule has 0 atom stereocenters. The fraction of sp³-hybridized carbons (Fsp3) is 0.312. The molecule has 1 N–H and O–H groups in total. The SMILES string of the molecule is CCNc1ncccc1CN(C)c1ccccc1C. The average molecular weight is 255 g/mol. The maximum absolute atomic E-state index is 4.40. The molecule has 1 heterocycles. The third-order valence-corrected chi connectivity index (χ3v) is 3.17. The van der Waals surface area contributed by atoms with E-state index < -0.39 is 0 Å². The summed E-state index contributed by atoms with van der Waals surface area (Å²) in [4.78, 5) is 6.66. The van der Waals surface area contributed by atoms with Crippen molar-refractivity contribution in [3.63, 3.8) is 0 Å². The standard InChI is InChI=1S/C16H21N3/c1-4-17-16-14(9-7-11-18-16)12-19(3)15-10-6-5-8-13(15)2/h5-11H,4,12H2,1-3H3,(H,17,18). The van der Waals surface area contributed by atoms with Crippen molar-refractivity contribution in [2.75, 3.05) is 23.8 Å². The van der Waals surface area contributed by atoms with Crippen LogP contribution < -0.4 is 10.2 Å². The lowest BCUT2D eigenvalue weighted by atomic mass is 10.1. The first-order valence-electron chi connectivity index (χ1n) is 6.67. The number of nitrogens with one attached hydrogen (secondary N) is 1. The zero-order chi connectivity index (χ0) is 13.7. The summed E-state index contributed by atoms with van der Waals surface area (Å²) >= 11 is 0. The molecule has 3 nitrogen and oxygen atoms in total. The quantitative estimate of drug-likeness (QED) is 0.887. The van der Waals surface area contributed by atoms with Gasteiger partial charge in [-0.15, -0.1) is 0 Å². The zero-order valence-corrected chi connectivity index (χ0v) is 11.9. The summed E-state index contributed by atoms with van der Waals surface area (Å²) < 4.78 is 0. The monoisotopic (exact) mass is 255 g/mol. The Labute approximate surface area is 115 Å². The molecule has 2 rings (SSSR count). The van der Waals surface area contributed by atoms with Crippen molar-refractivity contribution in [2.45, 2.75) is 20.4 Å². The predicted octanol–water partition coefficient (Wildman–Crippen LogP) is 3.46. The van der Waals surface area contributed by atoms with Gasteiger partial charge in [0.05, 0.1) is 0 Å². The van der Waals surface area contributed by atoms with Crippen LogP contribution in [0, 0.1) is 6.92 Å². The third-order valence-electron chi connectivity index (χ3n) is 3.17. The average Bonchev–Trinajstić information content (AvgIpc) is 2.41. The van der Waals surface area contributed by atoms with Crippen LogP contribution in [0.5, 0.6) is 0 Å². The summed E-state index contributed by atoms with van der Waals surface area (Å²) in [6, 6.07) is 12.6. The second-order valence-electron chi connectivity index (χ2n) is 4.68. The van der Waals surface area contributed by atoms with Crippen LogP contribution in [0.25, 0.3) is 0 Å². The fourth-order valence-corrected chi connectivity index (χ4v) is 2.23. The fourth-order valence-electron chi connectivity index (χ4n) is 2.23. The lowest BCUT2D eigenvalue weighted by molar-refractivity contribution is 0.908. The van der Waals surface area contributed by atoms with Crippen LogP contribution in [-0.2, 0) is 6.54 Å². The van der Waals surface area contributed by atoms with Crippen LogP contribution in [0.2, 0.25) is 0 Å². The Bertz CT molecular complexity index is 537. The molecule has 100 valence electrons. The Balaban J connectivity index is 2.19. The van der Waals surface area contributed by atoms with Crippen molar-refractivity contribution in [1.82, 2.24) is 4.98 Å². The maximum atomic E-state index is 4.40. The van der Waals surface area contributed by atoms with Gasteiger partial charge in [0.2, 0.25) is 0 Å². The molecule has 0 aliphatic carbocycles. The second-order valence-corrected chi connectivity index (χ2v) is 4.68. The number of benzene rings is 1. The molecule has 0 radical (unpaired) electrons. The Morgan fingerprint density at radius 3 is 2.68 bits per heavy atom. The minimum atomic E-state index is 0.848. The Hall–Kier alpha value is -2.03. The van der Waals surface area contributed by atoms with Gasteiger partial charge in [0.1, 0.15) is 5.82 Å². The number of hydrogen-bond donors (Lipinski definition) is 1. The highest BCUT2D eigenvalue weighted by atomic mass is 15.1. The van der Waals surface area contributed by atoms with Crippen LogP contribution in [0.3, 0.4) is 0 Å². The molecule has 0 unspecified atom stereocenters. The molecule has 2 aromatic rings. The van der Waals surface area contributed by atoms with E-state index in [9.17, 15) is 0 Å². The lowest BCUT2D eigenvalue weighted by Crippen LogP contribution is -2.18. The first kappa shape index (κ1) is 13.4. The topological polar surface area (TPSA) is 28.2 Å². The summed E-state index contributed by atoms with van der Waals surface area (Å²) in [5, 5.41) is 3.31. The largest absolute Gasteiger partial charge is 0.370 e. The third kappa shape index (κ3) is 3.25. The minimum absolute atomic E-state index is 0.848. The summed E-state index contributed by atoms with van der Waals surface area (Å²) in [5.74, 6) is 0.977. The van der Waals surface area contributed by atoms with Crippen molar-refractivity contribution >= 4 is 11.5 Å². The maximum Gasteiger partial charge on any atom is 0.130 e. The molecular weight excluding hydrogens is 234 g/mol. The number of anilines is 2. The van der Waals surface area contributed by atoms with Crippen LogP contribution in [-0.4, -0.2) is 18.6 Å². The molecule has 0 spiro atoms. The van der Waals surface area contributed by atoms with Gasteiger partial charge in [0, 0.05) is 37.6 Å². The van der Waals surface area contributed by atoms with Crippen molar-refractivity contribution in [3.05, 3.63) is 53.7 Å². The molecule has 1 aromatic carbocycles. The van der Waals surface area contributed by atoms with Gasteiger partial charge in [-0.3, -0.25) is 0 Å². The van der Waals surface area contributed by atoms with E-state index in [2.05, 4.69) is 66.4 Å². The molecular formula is C16H21N3. The predicted molar refractivity (Wildman–Crippen MR) is 81.7 cm³/mol. The summed E-state index contributed by atoms with van der Waals surface area (Å²) in [6.07, 6.45) is 1.83. The molecule has 0 saturated heterocycles. The highest BCUT2D eigenvalue weighted by molar-refractivity contribution is 5.54. The Morgan fingerprint density at radius 1 is 1.16 bits per heavy atom. The second kappa shape index (κ2) is 6.23. The van der Waals surface area contributed by atoms with Crippen LogP contribution in [0.4, 0.5) is 11.5 Å². The molecule has 0 amide bonds. The Morgan fingerprint density at radius 2 is 1.95 bits per heavy atom. The normalized spacial score (nSPS) is 10.3. The van der Waals surface area contributed by atoms with Crippen molar-refractivity contribution < 1.29 is 0 Å². The van der Waals surface area contributed by atoms with E-state index in [0.29, 0.717) is 0 Å². The van der Waals surface area contributed by atoms with E-state index in [4.69, 9.17) is 0 Å². The van der Waals surface area contributed by atoms with E-state index in [1.807, 2.05) is 12.3 Å². The number of pyridine rings is 1. The van der Waals surface area contributed by atoms with Crippen molar-refractivity contribution in [1.29, 1.82) is 0 Å². The first-order chi connectivity index (χ1) is 9.22. The zero-order valence-electron chi connectivity index (χ0n) is 11.9. The molecule has 0 bridgehead atoms. The van der Waals surface area contributed by atoms with Crippen LogP contribution >= 0.6 is 0 Å². The van der Waals surface area contributed by atoms with E-state index in [1.54, 1.807) is 0 Å². The number of nitrogens with zero attached hydrogens (tertiary/aromatic N) is 2. The van der Waals surface area contributed by atoms with Gasteiger partial charge in [0.15, 0.2) is 0 Å². The van der Waals surface area contributed by atoms with Crippen LogP contribution in [0.1, 0.15) is 18.1 Å². The highest BCUT2D eigenvalue weighted by Gasteiger charge is 2.08. The molecule has 0 fully saturated rings. The van der Waals surface area contributed by atoms with E-state index in [1.165, 1.54) is 16.8 Å². The Kier molecular flexibility index (Phi) is 4.39. The smallest absolute Gasteiger partial charge is 0.130 e. The number of rotatable bonds is 5. The van der Waals surface area contributed by atoms with Gasteiger partial charge in [0.25, 0.3) is 0 Å². The molecule has 0 aliphatic rings. The molecule has 0 saturated carbocycles. The van der Waals surface area contributed by atoms with E-state index >= 15 is 0 Å². The molecule has 19 heavy (non-hydrogen) atoms. The highest BCUT2D eigenvalue weighted by Crippen LogP contribution is 2.21. The van der Waals surface area contributed by atoms with E-state index in [-0.39, 0.29) is 0 Å². The van der Waals surface area contributed by atoms with Gasteiger partial charge < -0.3 is 10.2 Å². The van der Waals surface area contributed by atoms with Crippen molar-refractivity contribution in [2.24, 2.45) is 0 Å². The van der Waals surface area contributed by atoms with Crippen LogP contribution in [0.15, 0.2) is 42.6 Å². The number of hydrogen-bond acceptors (Lipinski definition) is 3. The van der Waals surface area contributed by atoms with Gasteiger partial charge in [-0.2, -0.15) is 0 Å². The van der Waals surface area contributed by atoms with E-state index in [0.717, 1.165) is 18.9 Å². The number of aryl methyl sites for hydroxylation is 1. The van der Waals surface area contributed by atoms with Gasteiger partial charge in [-0.1, -0.05) is 24.3 Å². The molecule has 0 aliphatic heterocycles. The lowest BCUT2D eigenvalue weighted by Gasteiger charge is -2.22.